The van der Waals surface area contributed by atoms with E-state index >= 15 is 0 Å². The van der Waals surface area contributed by atoms with Gasteiger partial charge in [-0.3, -0.25) is 9.69 Å². The van der Waals surface area contributed by atoms with Crippen molar-refractivity contribution in [3.63, 3.8) is 0 Å². The van der Waals surface area contributed by atoms with Gasteiger partial charge in [-0.1, -0.05) is 5.16 Å². The molecule has 0 aromatic carbocycles. The Morgan fingerprint density at radius 2 is 2.00 bits per heavy atom. The molecule has 0 aliphatic carbocycles. The maximum atomic E-state index is 12.3. The Morgan fingerprint density at radius 1 is 1.24 bits per heavy atom. The Balaban J connectivity index is 1.54. The van der Waals surface area contributed by atoms with E-state index in [-0.39, 0.29) is 5.91 Å². The van der Waals surface area contributed by atoms with Gasteiger partial charge in [0.05, 0.1) is 12.2 Å². The molecule has 1 aliphatic rings. The van der Waals surface area contributed by atoms with E-state index in [0.717, 1.165) is 36.8 Å². The van der Waals surface area contributed by atoms with Crippen LogP contribution in [0, 0.1) is 13.8 Å². The van der Waals surface area contributed by atoms with Crippen LogP contribution in [0.25, 0.3) is 0 Å². The summed E-state index contributed by atoms with van der Waals surface area (Å²) >= 11 is 0. The van der Waals surface area contributed by atoms with Crippen LogP contribution in [-0.2, 0) is 6.54 Å². The molecule has 3 rings (SSSR count). The molecule has 0 spiro atoms. The van der Waals surface area contributed by atoms with Crippen molar-refractivity contribution >= 4 is 5.91 Å². The average Bonchev–Trinajstić information content (AvgIpc) is 3.08. The smallest absolute Gasteiger partial charge is 0.289 e. The molecule has 0 N–H and O–H groups in total. The van der Waals surface area contributed by atoms with Crippen LogP contribution >= 0.6 is 0 Å². The minimum atomic E-state index is -0.0294. The van der Waals surface area contributed by atoms with E-state index in [0.29, 0.717) is 18.8 Å². The first kappa shape index (κ1) is 13.9. The molecule has 0 radical (unpaired) electrons. The van der Waals surface area contributed by atoms with E-state index in [4.69, 9.17) is 8.94 Å². The lowest BCUT2D eigenvalue weighted by Crippen LogP contribution is -2.48. The van der Waals surface area contributed by atoms with Crippen molar-refractivity contribution in [1.29, 1.82) is 0 Å². The second kappa shape index (κ2) is 5.73. The number of nitrogens with zero attached hydrogens (tertiary/aromatic N) is 3. The predicted octanol–water partition coefficient (Wildman–Crippen LogP) is 1.84. The molecule has 1 amide bonds. The van der Waals surface area contributed by atoms with Gasteiger partial charge < -0.3 is 13.8 Å². The fourth-order valence-electron chi connectivity index (χ4n) is 2.53. The number of rotatable bonds is 3. The highest BCUT2D eigenvalue weighted by Crippen LogP contribution is 2.14. The van der Waals surface area contributed by atoms with Crippen molar-refractivity contribution in [2.45, 2.75) is 20.4 Å². The Kier molecular flexibility index (Phi) is 3.79. The Labute approximate surface area is 123 Å². The number of hydrogen-bond donors (Lipinski definition) is 0. The Bertz CT molecular complexity index is 624. The van der Waals surface area contributed by atoms with Gasteiger partial charge >= 0.3 is 0 Å². The monoisotopic (exact) mass is 289 g/mol. The van der Waals surface area contributed by atoms with Gasteiger partial charge in [-0.05, 0) is 26.0 Å². The third kappa shape index (κ3) is 3.16. The summed E-state index contributed by atoms with van der Waals surface area (Å²) in [5, 5.41) is 3.89. The van der Waals surface area contributed by atoms with Crippen LogP contribution in [0.15, 0.2) is 27.1 Å². The van der Waals surface area contributed by atoms with E-state index in [1.165, 1.54) is 0 Å². The Morgan fingerprint density at radius 3 is 2.57 bits per heavy atom. The number of aromatic nitrogens is 1. The fourth-order valence-corrected chi connectivity index (χ4v) is 2.53. The normalized spacial score (nSPS) is 16.4. The van der Waals surface area contributed by atoms with Crippen molar-refractivity contribution in [2.75, 3.05) is 26.2 Å². The number of piperazine rings is 1. The highest BCUT2D eigenvalue weighted by atomic mass is 16.5. The molecule has 2 aromatic heterocycles. The SMILES string of the molecule is Cc1cc(CN2CCN(C(=O)c3ccc(C)o3)CC2)on1. The van der Waals surface area contributed by atoms with Crippen molar-refractivity contribution in [2.24, 2.45) is 0 Å². The van der Waals surface area contributed by atoms with Crippen LogP contribution in [0.2, 0.25) is 0 Å². The summed E-state index contributed by atoms with van der Waals surface area (Å²) in [6, 6.07) is 5.50. The molecule has 1 aliphatic heterocycles. The van der Waals surface area contributed by atoms with E-state index in [1.54, 1.807) is 6.07 Å². The standard InChI is InChI=1S/C15H19N3O3/c1-11-9-13(21-16-11)10-17-5-7-18(8-6-17)15(19)14-4-3-12(2)20-14/h3-4,9H,5-8,10H2,1-2H3. The molecule has 21 heavy (non-hydrogen) atoms. The molecule has 6 nitrogen and oxygen atoms in total. The van der Waals surface area contributed by atoms with E-state index in [2.05, 4.69) is 10.1 Å². The largest absolute Gasteiger partial charge is 0.456 e. The zero-order valence-electron chi connectivity index (χ0n) is 12.3. The molecule has 6 heteroatoms. The molecule has 0 atom stereocenters. The van der Waals surface area contributed by atoms with Crippen molar-refractivity contribution in [3.8, 4) is 0 Å². The van der Waals surface area contributed by atoms with Gasteiger partial charge in [0.15, 0.2) is 11.5 Å². The number of carbonyl (C=O) groups excluding carboxylic acids is 1. The molecular weight excluding hydrogens is 270 g/mol. The van der Waals surface area contributed by atoms with Crippen molar-refractivity contribution < 1.29 is 13.7 Å². The van der Waals surface area contributed by atoms with Crippen LogP contribution in [0.5, 0.6) is 0 Å². The van der Waals surface area contributed by atoms with Gasteiger partial charge in [-0.2, -0.15) is 0 Å². The summed E-state index contributed by atoms with van der Waals surface area (Å²) < 4.78 is 10.6. The summed E-state index contributed by atoms with van der Waals surface area (Å²) in [5.74, 6) is 2.02. The second-order valence-electron chi connectivity index (χ2n) is 5.41. The predicted molar refractivity (Wildman–Crippen MR) is 75.9 cm³/mol. The second-order valence-corrected chi connectivity index (χ2v) is 5.41. The maximum Gasteiger partial charge on any atom is 0.289 e. The number of amides is 1. The van der Waals surface area contributed by atoms with Gasteiger partial charge in [-0.25, -0.2) is 0 Å². The van der Waals surface area contributed by atoms with Crippen LogP contribution in [0.3, 0.4) is 0 Å². The number of hydrogen-bond acceptors (Lipinski definition) is 5. The van der Waals surface area contributed by atoms with Crippen molar-refractivity contribution in [1.82, 2.24) is 15.0 Å². The first-order chi connectivity index (χ1) is 10.1. The number of carbonyl (C=O) groups is 1. The molecule has 0 unspecified atom stereocenters. The van der Waals surface area contributed by atoms with Gasteiger partial charge in [0.25, 0.3) is 5.91 Å². The lowest BCUT2D eigenvalue weighted by Gasteiger charge is -2.33. The third-order valence-corrected chi connectivity index (χ3v) is 3.67. The van der Waals surface area contributed by atoms with Crippen LogP contribution in [0.1, 0.15) is 27.8 Å². The van der Waals surface area contributed by atoms with Crippen molar-refractivity contribution in [3.05, 3.63) is 41.2 Å². The van der Waals surface area contributed by atoms with E-state index in [9.17, 15) is 4.79 Å². The summed E-state index contributed by atoms with van der Waals surface area (Å²) in [7, 11) is 0. The first-order valence-electron chi connectivity index (χ1n) is 7.12. The van der Waals surface area contributed by atoms with E-state index in [1.807, 2.05) is 30.9 Å². The number of aryl methyl sites for hydroxylation is 2. The highest BCUT2D eigenvalue weighted by Gasteiger charge is 2.24. The molecule has 1 fully saturated rings. The maximum absolute atomic E-state index is 12.3. The van der Waals surface area contributed by atoms with Crippen LogP contribution in [0.4, 0.5) is 0 Å². The number of furan rings is 1. The van der Waals surface area contributed by atoms with Gasteiger partial charge in [-0.15, -0.1) is 0 Å². The van der Waals surface area contributed by atoms with E-state index < -0.39 is 0 Å². The van der Waals surface area contributed by atoms with Gasteiger partial charge in [0.2, 0.25) is 0 Å². The molecule has 0 saturated carbocycles. The summed E-state index contributed by atoms with van der Waals surface area (Å²) in [4.78, 5) is 16.4. The third-order valence-electron chi connectivity index (χ3n) is 3.67. The lowest BCUT2D eigenvalue weighted by atomic mass is 10.2. The minimum absolute atomic E-state index is 0.0294. The molecule has 1 saturated heterocycles. The quantitative estimate of drug-likeness (QED) is 0.862. The Hall–Kier alpha value is -2.08. The fraction of sp³-hybridized carbons (Fsp3) is 0.467. The lowest BCUT2D eigenvalue weighted by molar-refractivity contribution is 0.0586. The molecule has 112 valence electrons. The van der Waals surface area contributed by atoms with Gasteiger partial charge in [0.1, 0.15) is 5.76 Å². The molecule has 3 heterocycles. The minimum Gasteiger partial charge on any atom is -0.456 e. The molecule has 0 bridgehead atoms. The molecule has 2 aromatic rings. The summed E-state index contributed by atoms with van der Waals surface area (Å²) in [6.07, 6.45) is 0. The van der Waals surface area contributed by atoms with Gasteiger partial charge in [0, 0.05) is 32.2 Å². The topological polar surface area (TPSA) is 62.7 Å². The zero-order valence-corrected chi connectivity index (χ0v) is 12.3. The van der Waals surface area contributed by atoms with Crippen LogP contribution < -0.4 is 0 Å². The average molecular weight is 289 g/mol. The summed E-state index contributed by atoms with van der Waals surface area (Å²) in [5.41, 5.74) is 0.895. The highest BCUT2D eigenvalue weighted by molar-refractivity contribution is 5.91. The molecular formula is C15H19N3O3. The zero-order chi connectivity index (χ0) is 14.8. The first-order valence-corrected chi connectivity index (χ1v) is 7.12. The van der Waals surface area contributed by atoms with Crippen LogP contribution in [-0.4, -0.2) is 47.0 Å². The summed E-state index contributed by atoms with van der Waals surface area (Å²) in [6.45, 7) is 7.54.